The molecule has 0 aliphatic heterocycles. The van der Waals surface area contributed by atoms with Gasteiger partial charge in [0.1, 0.15) is 0 Å². The summed E-state index contributed by atoms with van der Waals surface area (Å²) in [6.07, 6.45) is 5.43. The van der Waals surface area contributed by atoms with Gasteiger partial charge in [0.25, 0.3) is 10.1 Å². The van der Waals surface area contributed by atoms with Crippen LogP contribution in [0.15, 0.2) is 29.2 Å². The van der Waals surface area contributed by atoms with E-state index in [0.29, 0.717) is 5.16 Å². The van der Waals surface area contributed by atoms with Gasteiger partial charge in [0.2, 0.25) is 0 Å². The van der Waals surface area contributed by atoms with Crippen LogP contribution in [0.2, 0.25) is 0 Å². The van der Waals surface area contributed by atoms with Crippen LogP contribution < -0.4 is 0 Å². The second-order valence-electron chi connectivity index (χ2n) is 8.78. The molecule has 0 heterocycles. The largest absolute Gasteiger partial charge is 0.294 e. The summed E-state index contributed by atoms with van der Waals surface area (Å²) >= 11 is 0. The molecule has 1 unspecified atom stereocenters. The molecule has 0 saturated carbocycles. The average Bonchev–Trinajstić information content (AvgIpc) is 2.43. The van der Waals surface area contributed by atoms with Gasteiger partial charge in [-0.25, -0.2) is 0 Å². The predicted octanol–water partition coefficient (Wildman–Crippen LogP) is 6.37. The molecule has 1 aromatic rings. The topological polar surface area (TPSA) is 54.4 Å². The SMILES string of the molecule is CC(C)CCC(P)(CC(C)C)CC(C)C.Cc1ccc(S(=O)(=O)O)cc1. The molecule has 0 amide bonds. The van der Waals surface area contributed by atoms with E-state index in [0.717, 1.165) is 23.3 Å². The van der Waals surface area contributed by atoms with E-state index in [-0.39, 0.29) is 4.90 Å². The van der Waals surface area contributed by atoms with E-state index in [1.807, 2.05) is 6.92 Å². The Hall–Kier alpha value is -0.440. The van der Waals surface area contributed by atoms with Crippen molar-refractivity contribution in [3.63, 3.8) is 0 Å². The normalized spacial score (nSPS) is 12.5. The fourth-order valence-electron chi connectivity index (χ4n) is 3.20. The van der Waals surface area contributed by atoms with Gasteiger partial charge in [-0.1, -0.05) is 65.7 Å². The van der Waals surface area contributed by atoms with Gasteiger partial charge in [-0.3, -0.25) is 4.55 Å². The van der Waals surface area contributed by atoms with Crippen LogP contribution in [-0.2, 0) is 10.1 Å². The molecule has 1 atom stereocenters. The summed E-state index contributed by atoms with van der Waals surface area (Å²) in [5.41, 5.74) is 0.956. The van der Waals surface area contributed by atoms with E-state index < -0.39 is 10.1 Å². The molecule has 152 valence electrons. The zero-order valence-electron chi connectivity index (χ0n) is 17.6. The van der Waals surface area contributed by atoms with E-state index >= 15 is 0 Å². The van der Waals surface area contributed by atoms with Crippen molar-refractivity contribution in [3.8, 4) is 0 Å². The maximum absolute atomic E-state index is 10.5. The standard InChI is InChI=1S/C14H31P.C7H8O3S/c1-11(2)7-8-14(15,9-12(3)4)10-13(5)6;1-6-2-4-7(5-3-6)11(8,9)10/h11-13H,7-10,15H2,1-6H3;2-5H,1H3,(H,8,9,10). The zero-order valence-corrected chi connectivity index (χ0v) is 19.6. The number of aryl methyl sites for hydroxylation is 1. The van der Waals surface area contributed by atoms with Crippen LogP contribution in [0, 0.1) is 24.7 Å². The first kappa shape index (κ1) is 25.6. The maximum atomic E-state index is 10.5. The molecule has 3 nitrogen and oxygen atoms in total. The van der Waals surface area contributed by atoms with Crippen LogP contribution in [-0.4, -0.2) is 18.1 Å². The molecule has 0 radical (unpaired) electrons. The third kappa shape index (κ3) is 12.0. The van der Waals surface area contributed by atoms with Crippen molar-refractivity contribution in [2.75, 3.05) is 0 Å². The lowest BCUT2D eigenvalue weighted by Gasteiger charge is -2.33. The smallest absolute Gasteiger partial charge is 0.282 e. The molecule has 1 aromatic carbocycles. The summed E-state index contributed by atoms with van der Waals surface area (Å²) in [5.74, 6) is 2.46. The first-order valence-corrected chi connectivity index (χ1v) is 11.6. The summed E-state index contributed by atoms with van der Waals surface area (Å²) in [7, 11) is -0.849. The van der Waals surface area contributed by atoms with E-state index in [2.05, 4.69) is 50.8 Å². The Morgan fingerprint density at radius 3 is 1.65 bits per heavy atom. The fourth-order valence-corrected chi connectivity index (χ4v) is 4.79. The van der Waals surface area contributed by atoms with Crippen LogP contribution >= 0.6 is 9.24 Å². The molecule has 0 aliphatic rings. The summed E-state index contributed by atoms with van der Waals surface area (Å²) in [5, 5.41) is 0.493. The number of hydrogen-bond acceptors (Lipinski definition) is 2. The molecule has 1 N–H and O–H groups in total. The minimum Gasteiger partial charge on any atom is -0.282 e. The minimum atomic E-state index is -4.02. The van der Waals surface area contributed by atoms with Crippen LogP contribution in [0.5, 0.6) is 0 Å². The maximum Gasteiger partial charge on any atom is 0.294 e. The fraction of sp³-hybridized carbons (Fsp3) is 0.714. The van der Waals surface area contributed by atoms with E-state index in [4.69, 9.17) is 4.55 Å². The van der Waals surface area contributed by atoms with Gasteiger partial charge < -0.3 is 0 Å². The molecule has 5 heteroatoms. The Balaban J connectivity index is 0.000000502. The van der Waals surface area contributed by atoms with Crippen molar-refractivity contribution in [3.05, 3.63) is 29.8 Å². The number of hydrogen-bond donors (Lipinski definition) is 1. The molecule has 0 saturated heterocycles. The summed E-state index contributed by atoms with van der Waals surface area (Å²) in [4.78, 5) is -0.0666. The Bertz CT molecular complexity index is 595. The number of benzene rings is 1. The highest BCUT2D eigenvalue weighted by molar-refractivity contribution is 7.85. The van der Waals surface area contributed by atoms with E-state index in [9.17, 15) is 8.42 Å². The Labute approximate surface area is 164 Å². The van der Waals surface area contributed by atoms with Gasteiger partial charge in [0, 0.05) is 0 Å². The highest BCUT2D eigenvalue weighted by Crippen LogP contribution is 2.38. The lowest BCUT2D eigenvalue weighted by molar-refractivity contribution is 0.340. The van der Waals surface area contributed by atoms with Crippen molar-refractivity contribution in [1.82, 2.24) is 0 Å². The van der Waals surface area contributed by atoms with E-state index in [1.54, 1.807) is 12.1 Å². The molecular weight excluding hydrogens is 363 g/mol. The Morgan fingerprint density at radius 2 is 1.35 bits per heavy atom. The molecular formula is C21H39O3PS. The van der Waals surface area contributed by atoms with Gasteiger partial charge >= 0.3 is 0 Å². The molecule has 0 spiro atoms. The summed E-state index contributed by atoms with van der Waals surface area (Å²) in [6, 6.07) is 5.99. The Kier molecular flexibility index (Phi) is 11.2. The molecule has 0 bridgehead atoms. The highest BCUT2D eigenvalue weighted by atomic mass is 32.2. The van der Waals surface area contributed by atoms with Gasteiger partial charge in [0.05, 0.1) is 4.90 Å². The molecule has 0 aromatic heterocycles. The molecule has 26 heavy (non-hydrogen) atoms. The lowest BCUT2D eigenvalue weighted by Crippen LogP contribution is -2.25. The van der Waals surface area contributed by atoms with Gasteiger partial charge in [0.15, 0.2) is 0 Å². The van der Waals surface area contributed by atoms with Crippen LogP contribution in [0.25, 0.3) is 0 Å². The minimum absolute atomic E-state index is 0.0666. The predicted molar refractivity (Wildman–Crippen MR) is 116 cm³/mol. The zero-order chi connectivity index (χ0) is 20.5. The van der Waals surface area contributed by atoms with Gasteiger partial charge in [-0.15, -0.1) is 9.24 Å². The third-order valence-electron chi connectivity index (χ3n) is 4.17. The van der Waals surface area contributed by atoms with Gasteiger partial charge in [-0.2, -0.15) is 8.42 Å². The van der Waals surface area contributed by atoms with E-state index in [1.165, 1.54) is 37.8 Å². The monoisotopic (exact) mass is 402 g/mol. The quantitative estimate of drug-likeness (QED) is 0.406. The van der Waals surface area contributed by atoms with Crippen molar-refractivity contribution in [1.29, 1.82) is 0 Å². The van der Waals surface area contributed by atoms with Crippen molar-refractivity contribution in [2.45, 2.75) is 84.2 Å². The second-order valence-corrected chi connectivity index (χ2v) is 11.4. The van der Waals surface area contributed by atoms with Crippen LogP contribution in [0.3, 0.4) is 0 Å². The molecule has 0 aliphatic carbocycles. The second kappa shape index (κ2) is 11.4. The van der Waals surface area contributed by atoms with Crippen LogP contribution in [0.1, 0.15) is 72.8 Å². The molecule has 1 rings (SSSR count). The van der Waals surface area contributed by atoms with Crippen molar-refractivity contribution in [2.24, 2.45) is 17.8 Å². The summed E-state index contributed by atoms with van der Waals surface area (Å²) < 4.78 is 29.6. The van der Waals surface area contributed by atoms with Crippen molar-refractivity contribution >= 4 is 19.4 Å². The summed E-state index contributed by atoms with van der Waals surface area (Å²) in [6.45, 7) is 15.9. The first-order valence-electron chi connectivity index (χ1n) is 9.58. The van der Waals surface area contributed by atoms with Crippen LogP contribution in [0.4, 0.5) is 0 Å². The average molecular weight is 403 g/mol. The Morgan fingerprint density at radius 1 is 0.923 bits per heavy atom. The number of rotatable bonds is 8. The van der Waals surface area contributed by atoms with Gasteiger partial charge in [-0.05, 0) is 61.2 Å². The third-order valence-corrected chi connectivity index (χ3v) is 5.80. The first-order chi connectivity index (χ1) is 11.7. The van der Waals surface area contributed by atoms with Crippen molar-refractivity contribution < 1.29 is 13.0 Å². The molecule has 0 fully saturated rings. The highest BCUT2D eigenvalue weighted by Gasteiger charge is 2.26. The lowest BCUT2D eigenvalue weighted by atomic mass is 9.83.